The van der Waals surface area contributed by atoms with Crippen molar-refractivity contribution < 1.29 is 4.79 Å². The smallest absolute Gasteiger partial charge is 0.269 e. The Morgan fingerprint density at radius 3 is 2.53 bits per heavy atom. The maximum atomic E-state index is 11.9. The Kier molecular flexibility index (Phi) is 7.52. The lowest BCUT2D eigenvalue weighted by molar-refractivity contribution is 0.0958. The van der Waals surface area contributed by atoms with Gasteiger partial charge in [-0.15, -0.1) is 0 Å². The van der Waals surface area contributed by atoms with Gasteiger partial charge in [-0.2, -0.15) is 0 Å². The molecule has 0 aromatic carbocycles. The second-order valence-electron chi connectivity index (χ2n) is 8.78. The number of carbonyl (C=O) groups excluding carboxylic acids is 1. The number of hydrogen-bond acceptors (Lipinski definition) is 6. The SMILES string of the molecule is CNC(=O)c1ccc(N2CCNCC2)cn1.O=c1[nH]c(C2CCCC2)nc2c1CCCC2. The molecule has 8 nitrogen and oxygen atoms in total. The van der Waals surface area contributed by atoms with Gasteiger partial charge in [0, 0.05) is 44.7 Å². The molecule has 3 aliphatic rings. The van der Waals surface area contributed by atoms with Gasteiger partial charge in [-0.3, -0.25) is 9.59 Å². The summed E-state index contributed by atoms with van der Waals surface area (Å²) >= 11 is 0. The summed E-state index contributed by atoms with van der Waals surface area (Å²) in [7, 11) is 1.61. The number of nitrogens with zero attached hydrogens (tertiary/aromatic N) is 3. The van der Waals surface area contributed by atoms with E-state index in [0.717, 1.165) is 68.2 Å². The van der Waals surface area contributed by atoms with E-state index < -0.39 is 0 Å². The van der Waals surface area contributed by atoms with Gasteiger partial charge in [0.15, 0.2) is 0 Å². The summed E-state index contributed by atoms with van der Waals surface area (Å²) in [4.78, 5) is 37.4. The molecule has 1 saturated heterocycles. The predicted molar refractivity (Wildman–Crippen MR) is 125 cm³/mol. The van der Waals surface area contributed by atoms with Crippen LogP contribution in [0.15, 0.2) is 23.1 Å². The van der Waals surface area contributed by atoms with Crippen LogP contribution in [0.5, 0.6) is 0 Å². The minimum atomic E-state index is -0.146. The number of H-pyrrole nitrogens is 1. The Hall–Kier alpha value is -2.74. The molecule has 0 spiro atoms. The fourth-order valence-corrected chi connectivity index (χ4v) is 4.77. The molecular weight excluding hydrogens is 404 g/mol. The summed E-state index contributed by atoms with van der Waals surface area (Å²) in [5, 5.41) is 5.85. The quantitative estimate of drug-likeness (QED) is 0.679. The van der Waals surface area contributed by atoms with Crippen molar-refractivity contribution in [3.05, 3.63) is 51.5 Å². The van der Waals surface area contributed by atoms with Gasteiger partial charge in [0.05, 0.1) is 17.6 Å². The fourth-order valence-electron chi connectivity index (χ4n) is 4.77. The summed E-state index contributed by atoms with van der Waals surface area (Å²) in [6.45, 7) is 3.97. The number of fused-ring (bicyclic) bond motifs is 1. The Bertz CT molecular complexity index is 959. The van der Waals surface area contributed by atoms with E-state index >= 15 is 0 Å². The minimum Gasteiger partial charge on any atom is -0.368 e. The highest BCUT2D eigenvalue weighted by Crippen LogP contribution is 2.32. The zero-order valence-corrected chi connectivity index (χ0v) is 19.0. The van der Waals surface area contributed by atoms with Crippen molar-refractivity contribution in [2.45, 2.75) is 57.3 Å². The monoisotopic (exact) mass is 438 g/mol. The van der Waals surface area contributed by atoms with Gasteiger partial charge in [0.25, 0.3) is 11.5 Å². The number of anilines is 1. The van der Waals surface area contributed by atoms with Crippen molar-refractivity contribution in [3.63, 3.8) is 0 Å². The van der Waals surface area contributed by atoms with Crippen LogP contribution >= 0.6 is 0 Å². The average molecular weight is 439 g/mol. The van der Waals surface area contributed by atoms with Crippen molar-refractivity contribution in [2.24, 2.45) is 0 Å². The molecule has 32 heavy (non-hydrogen) atoms. The molecule has 0 radical (unpaired) electrons. The van der Waals surface area contributed by atoms with Crippen LogP contribution < -0.4 is 21.1 Å². The molecule has 0 atom stereocenters. The molecule has 1 aliphatic heterocycles. The Balaban J connectivity index is 0.000000153. The van der Waals surface area contributed by atoms with Gasteiger partial charge in [0.1, 0.15) is 11.5 Å². The van der Waals surface area contributed by atoms with E-state index in [4.69, 9.17) is 4.98 Å². The molecular formula is C24H34N6O2. The summed E-state index contributed by atoms with van der Waals surface area (Å²) in [5.74, 6) is 1.33. The maximum absolute atomic E-state index is 11.9. The lowest BCUT2D eigenvalue weighted by atomic mass is 9.96. The first-order valence-electron chi connectivity index (χ1n) is 11.9. The number of amides is 1. The first kappa shape index (κ1) is 22.5. The molecule has 1 amide bonds. The third-order valence-corrected chi connectivity index (χ3v) is 6.64. The number of pyridine rings is 1. The summed E-state index contributed by atoms with van der Waals surface area (Å²) in [6.07, 6.45) is 11.0. The molecule has 5 rings (SSSR count). The Labute approximate surface area is 189 Å². The standard InChI is InChI=1S/C13H18N2O.C11H16N4O/c16-13-10-7-3-4-8-11(10)14-12(15-13)9-5-1-2-6-9;1-12-11(16)10-3-2-9(8-14-10)15-6-4-13-5-7-15/h9H,1-8H2,(H,14,15,16);2-3,8,13H,4-7H2,1H3,(H,12,16). The molecule has 3 heterocycles. The molecule has 2 fully saturated rings. The first-order valence-corrected chi connectivity index (χ1v) is 11.9. The zero-order chi connectivity index (χ0) is 22.3. The maximum Gasteiger partial charge on any atom is 0.269 e. The number of piperazine rings is 1. The van der Waals surface area contributed by atoms with Crippen LogP contribution in [0.2, 0.25) is 0 Å². The lowest BCUT2D eigenvalue weighted by Gasteiger charge is -2.29. The van der Waals surface area contributed by atoms with Crippen LogP contribution in [-0.2, 0) is 12.8 Å². The predicted octanol–water partition coefficient (Wildman–Crippen LogP) is 2.16. The second-order valence-corrected chi connectivity index (χ2v) is 8.78. The van der Waals surface area contributed by atoms with Gasteiger partial charge in [-0.1, -0.05) is 12.8 Å². The highest BCUT2D eigenvalue weighted by atomic mass is 16.1. The van der Waals surface area contributed by atoms with Crippen LogP contribution in [0.1, 0.15) is 72.0 Å². The largest absolute Gasteiger partial charge is 0.368 e. The Morgan fingerprint density at radius 2 is 1.84 bits per heavy atom. The van der Waals surface area contributed by atoms with E-state index in [-0.39, 0.29) is 11.5 Å². The first-order chi connectivity index (χ1) is 15.7. The van der Waals surface area contributed by atoms with Crippen molar-refractivity contribution in [1.29, 1.82) is 0 Å². The second kappa shape index (κ2) is 10.7. The molecule has 8 heteroatoms. The molecule has 2 aliphatic carbocycles. The third-order valence-electron chi connectivity index (χ3n) is 6.64. The number of aryl methyl sites for hydroxylation is 1. The van der Waals surface area contributed by atoms with Gasteiger partial charge in [-0.05, 0) is 50.7 Å². The van der Waals surface area contributed by atoms with Crippen LogP contribution in [-0.4, -0.2) is 54.1 Å². The number of hydrogen-bond donors (Lipinski definition) is 3. The third kappa shape index (κ3) is 5.35. The van der Waals surface area contributed by atoms with Gasteiger partial charge < -0.3 is 20.5 Å². The summed E-state index contributed by atoms with van der Waals surface area (Å²) in [5.41, 5.74) is 3.70. The molecule has 0 bridgehead atoms. The van der Waals surface area contributed by atoms with E-state index in [2.05, 4.69) is 25.5 Å². The van der Waals surface area contributed by atoms with Crippen molar-refractivity contribution in [1.82, 2.24) is 25.6 Å². The van der Waals surface area contributed by atoms with Crippen LogP contribution in [0.25, 0.3) is 0 Å². The van der Waals surface area contributed by atoms with E-state index in [1.807, 2.05) is 6.07 Å². The molecule has 0 unspecified atom stereocenters. The summed E-state index contributed by atoms with van der Waals surface area (Å²) in [6, 6.07) is 3.71. The average Bonchev–Trinajstić information content (AvgIpc) is 3.40. The van der Waals surface area contributed by atoms with E-state index in [0.29, 0.717) is 11.6 Å². The highest BCUT2D eigenvalue weighted by Gasteiger charge is 2.22. The van der Waals surface area contributed by atoms with Crippen LogP contribution in [0, 0.1) is 0 Å². The van der Waals surface area contributed by atoms with Crippen LogP contribution in [0.4, 0.5) is 5.69 Å². The number of carbonyl (C=O) groups is 1. The van der Waals surface area contributed by atoms with Crippen molar-refractivity contribution in [2.75, 3.05) is 38.1 Å². The van der Waals surface area contributed by atoms with Crippen LogP contribution in [0.3, 0.4) is 0 Å². The van der Waals surface area contributed by atoms with Gasteiger partial charge in [0.2, 0.25) is 0 Å². The minimum absolute atomic E-state index is 0.131. The van der Waals surface area contributed by atoms with Crippen molar-refractivity contribution >= 4 is 11.6 Å². The molecule has 2 aromatic rings. The highest BCUT2D eigenvalue weighted by molar-refractivity contribution is 5.92. The number of aromatic nitrogens is 3. The summed E-state index contributed by atoms with van der Waals surface area (Å²) < 4.78 is 0. The topological polar surface area (TPSA) is 103 Å². The molecule has 172 valence electrons. The van der Waals surface area contributed by atoms with Crippen molar-refractivity contribution in [3.8, 4) is 0 Å². The molecule has 2 aromatic heterocycles. The van der Waals surface area contributed by atoms with Gasteiger partial charge >= 0.3 is 0 Å². The van der Waals surface area contributed by atoms with E-state index in [1.165, 1.54) is 32.1 Å². The van der Waals surface area contributed by atoms with E-state index in [1.54, 1.807) is 19.3 Å². The number of rotatable bonds is 3. The normalized spacial score (nSPS) is 18.5. The zero-order valence-electron chi connectivity index (χ0n) is 19.0. The molecule has 1 saturated carbocycles. The Morgan fingerprint density at radius 1 is 1.09 bits per heavy atom. The molecule has 3 N–H and O–H groups in total. The van der Waals surface area contributed by atoms with Gasteiger partial charge in [-0.25, -0.2) is 9.97 Å². The number of nitrogens with one attached hydrogen (secondary N) is 3. The van der Waals surface area contributed by atoms with E-state index in [9.17, 15) is 9.59 Å². The number of aromatic amines is 1. The lowest BCUT2D eigenvalue weighted by Crippen LogP contribution is -2.43. The fraction of sp³-hybridized carbons (Fsp3) is 0.583.